The summed E-state index contributed by atoms with van der Waals surface area (Å²) in [6, 6.07) is 0. The standard InChI is InChI=1S/C16H30S/c1-11-7-5-8-12(2)15(11)17-16-13(3)9-6-10-14(16)4/h11-16H,5-10H2,1-4H3. The first-order chi connectivity index (χ1) is 8.09. The van der Waals surface area contributed by atoms with Crippen molar-refractivity contribution in [2.24, 2.45) is 23.7 Å². The van der Waals surface area contributed by atoms with Gasteiger partial charge in [0.1, 0.15) is 0 Å². The van der Waals surface area contributed by atoms with Crippen molar-refractivity contribution in [2.75, 3.05) is 0 Å². The maximum Gasteiger partial charge on any atom is 0.0101 e. The van der Waals surface area contributed by atoms with Gasteiger partial charge in [-0.25, -0.2) is 0 Å². The van der Waals surface area contributed by atoms with Crippen molar-refractivity contribution in [1.82, 2.24) is 0 Å². The molecule has 4 unspecified atom stereocenters. The summed E-state index contributed by atoms with van der Waals surface area (Å²) in [4.78, 5) is 0. The minimum absolute atomic E-state index is 0.941. The molecular formula is C16H30S. The van der Waals surface area contributed by atoms with Gasteiger partial charge in [-0.3, -0.25) is 0 Å². The van der Waals surface area contributed by atoms with Gasteiger partial charge >= 0.3 is 0 Å². The molecule has 100 valence electrons. The lowest BCUT2D eigenvalue weighted by Crippen LogP contribution is -2.35. The third-order valence-corrected chi connectivity index (χ3v) is 7.68. The summed E-state index contributed by atoms with van der Waals surface area (Å²) < 4.78 is 0. The zero-order chi connectivity index (χ0) is 12.4. The maximum absolute atomic E-state index is 2.49. The van der Waals surface area contributed by atoms with Crippen molar-refractivity contribution in [2.45, 2.75) is 76.7 Å². The second kappa shape index (κ2) is 5.99. The molecule has 0 amide bonds. The molecule has 2 saturated carbocycles. The first kappa shape index (κ1) is 13.8. The Kier molecular flexibility index (Phi) is 4.86. The van der Waals surface area contributed by atoms with Crippen LogP contribution < -0.4 is 0 Å². The van der Waals surface area contributed by atoms with Crippen LogP contribution >= 0.6 is 11.8 Å². The molecule has 0 radical (unpaired) electrons. The average molecular weight is 254 g/mol. The van der Waals surface area contributed by atoms with E-state index in [2.05, 4.69) is 39.5 Å². The highest BCUT2D eigenvalue weighted by molar-refractivity contribution is 8.00. The first-order valence-electron chi connectivity index (χ1n) is 7.75. The monoisotopic (exact) mass is 254 g/mol. The lowest BCUT2D eigenvalue weighted by Gasteiger charge is -2.41. The van der Waals surface area contributed by atoms with Gasteiger partial charge in [0.2, 0.25) is 0 Å². The zero-order valence-corrected chi connectivity index (χ0v) is 12.9. The van der Waals surface area contributed by atoms with Gasteiger partial charge in [-0.1, -0.05) is 40.5 Å². The Morgan fingerprint density at radius 1 is 0.588 bits per heavy atom. The molecule has 0 heterocycles. The molecule has 0 aliphatic heterocycles. The molecule has 1 heteroatoms. The van der Waals surface area contributed by atoms with E-state index in [0.717, 1.165) is 34.2 Å². The molecule has 0 aromatic heterocycles. The van der Waals surface area contributed by atoms with E-state index in [1.165, 1.54) is 38.5 Å². The van der Waals surface area contributed by atoms with Crippen molar-refractivity contribution < 1.29 is 0 Å². The van der Waals surface area contributed by atoms with Gasteiger partial charge in [0.15, 0.2) is 0 Å². The molecular weight excluding hydrogens is 224 g/mol. The minimum Gasteiger partial charge on any atom is -0.154 e. The maximum atomic E-state index is 2.49. The van der Waals surface area contributed by atoms with Gasteiger partial charge in [-0.15, -0.1) is 0 Å². The van der Waals surface area contributed by atoms with Gasteiger partial charge in [0.25, 0.3) is 0 Å². The van der Waals surface area contributed by atoms with Crippen LogP contribution in [0.3, 0.4) is 0 Å². The summed E-state index contributed by atoms with van der Waals surface area (Å²) in [6.45, 7) is 9.97. The third-order valence-electron chi connectivity index (χ3n) is 5.20. The topological polar surface area (TPSA) is 0 Å². The molecule has 2 fully saturated rings. The van der Waals surface area contributed by atoms with E-state index in [9.17, 15) is 0 Å². The lowest BCUT2D eigenvalue weighted by atomic mass is 9.82. The number of thioether (sulfide) groups is 1. The van der Waals surface area contributed by atoms with Crippen molar-refractivity contribution in [3.05, 3.63) is 0 Å². The molecule has 0 spiro atoms. The third kappa shape index (κ3) is 3.22. The summed E-state index contributed by atoms with van der Waals surface area (Å²) in [5.41, 5.74) is 0. The predicted molar refractivity (Wildman–Crippen MR) is 79.5 cm³/mol. The fraction of sp³-hybridized carbons (Fsp3) is 1.00. The summed E-state index contributed by atoms with van der Waals surface area (Å²) in [5, 5.41) is 1.88. The molecule has 2 aliphatic rings. The van der Waals surface area contributed by atoms with Crippen molar-refractivity contribution >= 4 is 11.8 Å². The molecule has 0 aromatic rings. The highest BCUT2D eigenvalue weighted by Crippen LogP contribution is 2.45. The van der Waals surface area contributed by atoms with E-state index in [0.29, 0.717) is 0 Å². The Hall–Kier alpha value is 0.350. The van der Waals surface area contributed by atoms with Crippen molar-refractivity contribution in [1.29, 1.82) is 0 Å². The van der Waals surface area contributed by atoms with E-state index in [-0.39, 0.29) is 0 Å². The quantitative estimate of drug-likeness (QED) is 0.638. The molecule has 4 atom stereocenters. The van der Waals surface area contributed by atoms with Crippen LogP contribution in [0.25, 0.3) is 0 Å². The number of hydrogen-bond acceptors (Lipinski definition) is 1. The first-order valence-corrected chi connectivity index (χ1v) is 8.69. The normalized spacial score (nSPS) is 48.0. The fourth-order valence-corrected chi connectivity index (χ4v) is 6.00. The molecule has 0 nitrogen and oxygen atoms in total. The van der Waals surface area contributed by atoms with E-state index in [4.69, 9.17) is 0 Å². The minimum atomic E-state index is 0.941. The van der Waals surface area contributed by atoms with E-state index >= 15 is 0 Å². The summed E-state index contributed by atoms with van der Waals surface area (Å²) in [7, 11) is 0. The average Bonchev–Trinajstić information content (AvgIpc) is 2.27. The smallest absolute Gasteiger partial charge is 0.0101 e. The molecule has 2 rings (SSSR count). The van der Waals surface area contributed by atoms with Crippen molar-refractivity contribution in [3.63, 3.8) is 0 Å². The summed E-state index contributed by atoms with van der Waals surface area (Å²) in [5.74, 6) is 3.80. The van der Waals surface area contributed by atoms with E-state index < -0.39 is 0 Å². The second-order valence-electron chi connectivity index (χ2n) is 6.84. The van der Waals surface area contributed by atoms with E-state index in [1.54, 1.807) is 0 Å². The highest BCUT2D eigenvalue weighted by Gasteiger charge is 2.35. The second-order valence-corrected chi connectivity index (χ2v) is 8.20. The molecule has 0 saturated heterocycles. The van der Waals surface area contributed by atoms with Crippen LogP contribution in [0.2, 0.25) is 0 Å². The van der Waals surface area contributed by atoms with Gasteiger partial charge < -0.3 is 0 Å². The number of rotatable bonds is 2. The Morgan fingerprint density at radius 3 is 1.18 bits per heavy atom. The molecule has 0 aromatic carbocycles. The lowest BCUT2D eigenvalue weighted by molar-refractivity contribution is 0.293. The SMILES string of the molecule is CC1CCCC(C)C1SC1C(C)CCCC1C. The van der Waals surface area contributed by atoms with Gasteiger partial charge in [-0.05, 0) is 49.4 Å². The Balaban J connectivity index is 1.97. The van der Waals surface area contributed by atoms with Crippen LogP contribution in [-0.2, 0) is 0 Å². The van der Waals surface area contributed by atoms with E-state index in [1.807, 2.05) is 0 Å². The van der Waals surface area contributed by atoms with Crippen LogP contribution in [0.15, 0.2) is 0 Å². The molecule has 0 N–H and O–H groups in total. The molecule has 17 heavy (non-hydrogen) atoms. The van der Waals surface area contributed by atoms with Crippen LogP contribution in [-0.4, -0.2) is 10.5 Å². The van der Waals surface area contributed by atoms with Gasteiger partial charge in [-0.2, -0.15) is 11.8 Å². The zero-order valence-electron chi connectivity index (χ0n) is 12.1. The molecule has 0 bridgehead atoms. The largest absolute Gasteiger partial charge is 0.154 e. The Bertz CT molecular complexity index is 194. The number of hydrogen-bond donors (Lipinski definition) is 0. The van der Waals surface area contributed by atoms with Crippen molar-refractivity contribution in [3.8, 4) is 0 Å². The Morgan fingerprint density at radius 2 is 0.882 bits per heavy atom. The van der Waals surface area contributed by atoms with Gasteiger partial charge in [0, 0.05) is 10.5 Å². The van der Waals surface area contributed by atoms with Gasteiger partial charge in [0.05, 0.1) is 0 Å². The summed E-state index contributed by atoms with van der Waals surface area (Å²) >= 11 is 2.37. The van der Waals surface area contributed by atoms with Crippen LogP contribution in [0.4, 0.5) is 0 Å². The predicted octanol–water partition coefficient (Wildman–Crippen LogP) is 5.37. The molecule has 2 aliphatic carbocycles. The van der Waals surface area contributed by atoms with Crippen LogP contribution in [0.1, 0.15) is 66.2 Å². The van der Waals surface area contributed by atoms with Crippen LogP contribution in [0, 0.1) is 23.7 Å². The Labute approximate surface area is 112 Å². The fourth-order valence-electron chi connectivity index (χ4n) is 4.02. The summed E-state index contributed by atoms with van der Waals surface area (Å²) in [6.07, 6.45) is 8.81. The highest BCUT2D eigenvalue weighted by atomic mass is 32.2. The van der Waals surface area contributed by atoms with Crippen LogP contribution in [0.5, 0.6) is 0 Å².